The van der Waals surface area contributed by atoms with Gasteiger partial charge in [0.1, 0.15) is 11.7 Å². The maximum atomic E-state index is 13.5. The molecule has 4 unspecified atom stereocenters. The lowest BCUT2D eigenvalue weighted by Crippen LogP contribution is -2.49. The summed E-state index contributed by atoms with van der Waals surface area (Å²) in [5, 5.41) is 6.65. The summed E-state index contributed by atoms with van der Waals surface area (Å²) in [6.45, 7) is 1.56. The van der Waals surface area contributed by atoms with E-state index in [1.165, 1.54) is 7.11 Å². The Morgan fingerprint density at radius 3 is 2.53 bits per heavy atom. The molecule has 0 aromatic heterocycles. The van der Waals surface area contributed by atoms with E-state index in [0.717, 1.165) is 30.6 Å². The monoisotopic (exact) mass is 487 g/mol. The van der Waals surface area contributed by atoms with Crippen LogP contribution in [0.3, 0.4) is 0 Å². The highest BCUT2D eigenvalue weighted by atomic mass is 16.5. The Kier molecular flexibility index (Phi) is 6.94. The second-order valence-electron chi connectivity index (χ2n) is 9.71. The van der Waals surface area contributed by atoms with E-state index >= 15 is 0 Å². The van der Waals surface area contributed by atoms with Gasteiger partial charge in [-0.3, -0.25) is 4.79 Å². The summed E-state index contributed by atoms with van der Waals surface area (Å²) in [5.74, 6) is -0.817. The fourth-order valence-corrected chi connectivity index (χ4v) is 5.59. The Balaban J connectivity index is 1.50. The number of hydrogen-bond acceptors (Lipinski definition) is 6. The number of nitrogens with one attached hydrogen (secondary N) is 2. The molecule has 2 N–H and O–H groups in total. The zero-order valence-corrected chi connectivity index (χ0v) is 20.8. The van der Waals surface area contributed by atoms with Crippen LogP contribution in [0.25, 0.3) is 0 Å². The number of fused-ring (bicyclic) bond motifs is 2. The molecule has 188 valence electrons. The Labute approximate surface area is 212 Å². The largest absolute Gasteiger partial charge is 0.466 e. The van der Waals surface area contributed by atoms with Crippen molar-refractivity contribution in [2.75, 3.05) is 32.6 Å². The lowest BCUT2D eigenvalue weighted by atomic mass is 9.78. The molecule has 5 rings (SSSR count). The Hall–Kier alpha value is -3.42. The number of likely N-dealkylation sites (tertiary alicyclic amines) is 1. The number of hydrogen-bond donors (Lipinski definition) is 2. The van der Waals surface area contributed by atoms with Crippen molar-refractivity contribution < 1.29 is 19.1 Å². The van der Waals surface area contributed by atoms with Gasteiger partial charge in [-0.15, -0.1) is 0 Å². The second kappa shape index (κ2) is 10.3. The lowest BCUT2D eigenvalue weighted by molar-refractivity contribution is -0.138. The van der Waals surface area contributed by atoms with Gasteiger partial charge in [-0.1, -0.05) is 54.6 Å². The first kappa shape index (κ1) is 24.3. The number of anilines is 1. The van der Waals surface area contributed by atoms with Crippen LogP contribution in [0.4, 0.5) is 5.69 Å². The molecule has 7 nitrogen and oxygen atoms in total. The number of methoxy groups -OCH3 is 1. The van der Waals surface area contributed by atoms with Gasteiger partial charge in [0.2, 0.25) is 0 Å². The summed E-state index contributed by atoms with van der Waals surface area (Å²) in [5.41, 5.74) is 1.48. The number of esters is 1. The van der Waals surface area contributed by atoms with Gasteiger partial charge >= 0.3 is 5.97 Å². The highest BCUT2D eigenvalue weighted by Gasteiger charge is 2.58. The lowest BCUT2D eigenvalue weighted by Gasteiger charge is -2.36. The Bertz CT molecular complexity index is 1120. The third-order valence-corrected chi connectivity index (χ3v) is 7.50. The summed E-state index contributed by atoms with van der Waals surface area (Å²) in [6.07, 6.45) is 5.94. The van der Waals surface area contributed by atoms with Crippen molar-refractivity contribution >= 4 is 17.6 Å². The van der Waals surface area contributed by atoms with Gasteiger partial charge in [-0.25, -0.2) is 4.79 Å². The number of rotatable bonds is 9. The molecule has 1 saturated heterocycles. The summed E-state index contributed by atoms with van der Waals surface area (Å²) in [4.78, 5) is 29.0. The predicted molar refractivity (Wildman–Crippen MR) is 138 cm³/mol. The van der Waals surface area contributed by atoms with Crippen molar-refractivity contribution in [1.29, 1.82) is 0 Å². The summed E-state index contributed by atoms with van der Waals surface area (Å²) >= 11 is 0. The standard InChI is InChI=1S/C29H33N3O4/c1-32-17-9-14-22(32)19-30-27(33)25-23-15-16-29(36-23,26(25)28(34)35-2)24(18-20-10-5-3-6-11-20)31-21-12-7-4-8-13-21/h3-8,10-13,15-16,22-24,31H,9,14,17-19H2,1-2H3,(H,30,33). The first-order valence-corrected chi connectivity index (χ1v) is 12.6. The summed E-state index contributed by atoms with van der Waals surface area (Å²) in [7, 11) is 3.42. The number of ether oxygens (including phenoxy) is 2. The highest BCUT2D eigenvalue weighted by Crippen LogP contribution is 2.47. The molecule has 0 spiro atoms. The van der Waals surface area contributed by atoms with Crippen molar-refractivity contribution in [3.8, 4) is 0 Å². The molecule has 7 heteroatoms. The maximum absolute atomic E-state index is 13.5. The van der Waals surface area contributed by atoms with Gasteiger partial charge in [-0.2, -0.15) is 0 Å². The van der Waals surface area contributed by atoms with E-state index in [0.29, 0.717) is 24.6 Å². The molecule has 1 amide bonds. The molecule has 0 aliphatic carbocycles. The van der Waals surface area contributed by atoms with Crippen LogP contribution >= 0.6 is 0 Å². The van der Waals surface area contributed by atoms with Crippen LogP contribution in [0.1, 0.15) is 18.4 Å². The van der Waals surface area contributed by atoms with E-state index in [4.69, 9.17) is 9.47 Å². The van der Waals surface area contributed by atoms with Gasteiger partial charge in [-0.05, 0) is 56.6 Å². The van der Waals surface area contributed by atoms with Crippen LogP contribution in [-0.4, -0.2) is 67.8 Å². The fourth-order valence-electron chi connectivity index (χ4n) is 5.59. The molecule has 2 bridgehead atoms. The topological polar surface area (TPSA) is 79.9 Å². The molecule has 3 heterocycles. The van der Waals surface area contributed by atoms with Gasteiger partial charge in [0.25, 0.3) is 5.91 Å². The molecule has 1 fully saturated rings. The van der Waals surface area contributed by atoms with E-state index in [1.54, 1.807) is 0 Å². The second-order valence-corrected chi connectivity index (χ2v) is 9.71. The molecule has 36 heavy (non-hydrogen) atoms. The maximum Gasteiger partial charge on any atom is 0.337 e. The average molecular weight is 488 g/mol. The summed E-state index contributed by atoms with van der Waals surface area (Å²) in [6, 6.07) is 19.8. The number of carbonyl (C=O) groups excluding carboxylic acids is 2. The minimum absolute atomic E-state index is 0.273. The van der Waals surface area contributed by atoms with Crippen molar-refractivity contribution in [3.05, 3.63) is 89.5 Å². The van der Waals surface area contributed by atoms with Gasteiger partial charge in [0.05, 0.1) is 24.3 Å². The molecule has 2 aromatic carbocycles. The Morgan fingerprint density at radius 1 is 1.14 bits per heavy atom. The highest BCUT2D eigenvalue weighted by molar-refractivity contribution is 6.07. The normalized spacial score (nSPS) is 25.7. The number of para-hydroxylation sites is 1. The molecule has 4 atom stereocenters. The van der Waals surface area contributed by atoms with Gasteiger partial charge in [0.15, 0.2) is 0 Å². The average Bonchev–Trinajstić information content (AvgIpc) is 3.62. The van der Waals surface area contributed by atoms with E-state index in [1.807, 2.05) is 60.7 Å². The van der Waals surface area contributed by atoms with E-state index in [9.17, 15) is 9.59 Å². The predicted octanol–water partition coefficient (Wildman–Crippen LogP) is 3.10. The third-order valence-electron chi connectivity index (χ3n) is 7.50. The minimum Gasteiger partial charge on any atom is -0.466 e. The molecule has 2 aromatic rings. The third kappa shape index (κ3) is 4.56. The smallest absolute Gasteiger partial charge is 0.337 e. The fraction of sp³-hybridized carbons (Fsp3) is 0.379. The van der Waals surface area contributed by atoms with Gasteiger partial charge < -0.3 is 25.0 Å². The molecule has 3 aliphatic rings. The van der Waals surface area contributed by atoms with Crippen LogP contribution in [0.2, 0.25) is 0 Å². The number of nitrogens with zero attached hydrogens (tertiary/aromatic N) is 1. The number of benzene rings is 2. The van der Waals surface area contributed by atoms with Crippen molar-refractivity contribution in [1.82, 2.24) is 10.2 Å². The van der Waals surface area contributed by atoms with Crippen LogP contribution in [-0.2, 0) is 25.5 Å². The van der Waals surface area contributed by atoms with Crippen LogP contribution in [0.5, 0.6) is 0 Å². The molecule has 0 radical (unpaired) electrons. The van der Waals surface area contributed by atoms with Crippen LogP contribution in [0, 0.1) is 0 Å². The number of amides is 1. The quantitative estimate of drug-likeness (QED) is 0.418. The molecular weight excluding hydrogens is 454 g/mol. The number of carbonyl (C=O) groups is 2. The first-order chi connectivity index (χ1) is 17.5. The van der Waals surface area contributed by atoms with E-state index in [2.05, 4.69) is 34.7 Å². The zero-order chi connectivity index (χ0) is 25.1. The van der Waals surface area contributed by atoms with Gasteiger partial charge in [0, 0.05) is 18.3 Å². The van der Waals surface area contributed by atoms with E-state index in [-0.39, 0.29) is 17.5 Å². The van der Waals surface area contributed by atoms with E-state index < -0.39 is 17.7 Å². The molecule has 0 saturated carbocycles. The SMILES string of the molecule is COC(=O)C1=C(C(=O)NCC2CCCN2C)C2C=CC1(C(Cc1ccccc1)Nc1ccccc1)O2. The Morgan fingerprint density at radius 2 is 1.86 bits per heavy atom. The van der Waals surface area contributed by atoms with Crippen molar-refractivity contribution in [2.45, 2.75) is 43.1 Å². The number of likely N-dealkylation sites (N-methyl/N-ethyl adjacent to an activating group) is 1. The summed E-state index contributed by atoms with van der Waals surface area (Å²) < 4.78 is 11.7. The molecule has 3 aliphatic heterocycles. The van der Waals surface area contributed by atoms with Crippen LogP contribution < -0.4 is 10.6 Å². The minimum atomic E-state index is -1.14. The van der Waals surface area contributed by atoms with Crippen molar-refractivity contribution in [3.63, 3.8) is 0 Å². The molecular formula is C29H33N3O4. The zero-order valence-electron chi connectivity index (χ0n) is 20.8. The van der Waals surface area contributed by atoms with Crippen LogP contribution in [0.15, 0.2) is 84.0 Å². The van der Waals surface area contributed by atoms with Crippen molar-refractivity contribution in [2.24, 2.45) is 0 Å². The first-order valence-electron chi connectivity index (χ1n) is 12.6.